The van der Waals surface area contributed by atoms with Crippen molar-refractivity contribution in [1.82, 2.24) is 10.2 Å². The highest BCUT2D eigenvalue weighted by Gasteiger charge is 2.20. The van der Waals surface area contributed by atoms with Crippen molar-refractivity contribution in [1.29, 1.82) is 0 Å². The second kappa shape index (κ2) is 8.68. The first-order valence-corrected chi connectivity index (χ1v) is 8.04. The van der Waals surface area contributed by atoms with Gasteiger partial charge in [-0.1, -0.05) is 33.8 Å². The Morgan fingerprint density at radius 1 is 1.33 bits per heavy atom. The first kappa shape index (κ1) is 15.7. The number of thiophene rings is 1. The van der Waals surface area contributed by atoms with Crippen LogP contribution in [0.1, 0.15) is 39.0 Å². The van der Waals surface area contributed by atoms with E-state index < -0.39 is 0 Å². The van der Waals surface area contributed by atoms with E-state index in [0.29, 0.717) is 12.0 Å². The lowest BCUT2D eigenvalue weighted by atomic mass is 10.0. The Labute approximate surface area is 116 Å². The van der Waals surface area contributed by atoms with E-state index in [1.807, 2.05) is 11.3 Å². The van der Waals surface area contributed by atoms with Crippen molar-refractivity contribution in [2.24, 2.45) is 5.92 Å². The minimum atomic E-state index is 0.628. The summed E-state index contributed by atoms with van der Waals surface area (Å²) in [5.41, 5.74) is 0. The quantitative estimate of drug-likeness (QED) is 0.689. The molecule has 0 aromatic carbocycles. The second-order valence-electron chi connectivity index (χ2n) is 5.16. The van der Waals surface area contributed by atoms with Crippen LogP contribution in [0.5, 0.6) is 0 Å². The molecule has 0 aliphatic rings. The van der Waals surface area contributed by atoms with Gasteiger partial charge in [-0.3, -0.25) is 4.90 Å². The van der Waals surface area contributed by atoms with Crippen molar-refractivity contribution in [3.8, 4) is 0 Å². The molecule has 0 aliphatic carbocycles. The zero-order valence-corrected chi connectivity index (χ0v) is 13.1. The lowest BCUT2D eigenvalue weighted by Gasteiger charge is -2.33. The van der Waals surface area contributed by atoms with Crippen LogP contribution in [0.4, 0.5) is 0 Å². The van der Waals surface area contributed by atoms with Crippen molar-refractivity contribution in [2.75, 3.05) is 19.6 Å². The van der Waals surface area contributed by atoms with Crippen LogP contribution in [0.3, 0.4) is 0 Å². The molecule has 0 saturated heterocycles. The van der Waals surface area contributed by atoms with Crippen molar-refractivity contribution >= 4 is 11.3 Å². The molecule has 3 heteroatoms. The maximum Gasteiger partial charge on any atom is 0.0331 e. The van der Waals surface area contributed by atoms with Crippen LogP contribution in [0, 0.1) is 5.92 Å². The molecule has 1 N–H and O–H groups in total. The molecule has 1 atom stereocenters. The molecular weight excluding hydrogens is 240 g/mol. The minimum absolute atomic E-state index is 0.628. The molecule has 0 aliphatic heterocycles. The van der Waals surface area contributed by atoms with E-state index in [-0.39, 0.29) is 0 Å². The van der Waals surface area contributed by atoms with Crippen LogP contribution in [-0.4, -0.2) is 30.6 Å². The summed E-state index contributed by atoms with van der Waals surface area (Å²) in [6.07, 6.45) is 1.21. The van der Waals surface area contributed by atoms with E-state index in [1.165, 1.54) is 11.3 Å². The van der Waals surface area contributed by atoms with E-state index in [0.717, 1.165) is 26.2 Å². The summed E-state index contributed by atoms with van der Waals surface area (Å²) in [5, 5.41) is 5.74. The predicted octanol–water partition coefficient (Wildman–Crippen LogP) is 3.59. The van der Waals surface area contributed by atoms with Gasteiger partial charge in [0.1, 0.15) is 0 Å². The van der Waals surface area contributed by atoms with E-state index in [9.17, 15) is 0 Å². The number of rotatable bonds is 9. The lowest BCUT2D eigenvalue weighted by molar-refractivity contribution is 0.152. The maximum absolute atomic E-state index is 3.57. The van der Waals surface area contributed by atoms with E-state index in [2.05, 4.69) is 55.4 Å². The first-order chi connectivity index (χ1) is 8.69. The monoisotopic (exact) mass is 268 g/mol. The lowest BCUT2D eigenvalue weighted by Crippen LogP contribution is -2.45. The van der Waals surface area contributed by atoms with Gasteiger partial charge in [0.25, 0.3) is 0 Å². The first-order valence-electron chi connectivity index (χ1n) is 7.16. The molecule has 1 aromatic rings. The summed E-state index contributed by atoms with van der Waals surface area (Å²) in [6, 6.07) is 5.02. The van der Waals surface area contributed by atoms with Crippen molar-refractivity contribution < 1.29 is 0 Å². The Kier molecular flexibility index (Phi) is 7.56. The van der Waals surface area contributed by atoms with Gasteiger partial charge in [0, 0.05) is 24.0 Å². The van der Waals surface area contributed by atoms with Crippen molar-refractivity contribution in [3.63, 3.8) is 0 Å². The fraction of sp³-hybridized carbons (Fsp3) is 0.733. The predicted molar refractivity (Wildman–Crippen MR) is 82.2 cm³/mol. The maximum atomic E-state index is 3.57. The molecule has 1 rings (SSSR count). The summed E-state index contributed by atoms with van der Waals surface area (Å²) in [6.45, 7) is 13.6. The van der Waals surface area contributed by atoms with Gasteiger partial charge in [0.15, 0.2) is 0 Å². The topological polar surface area (TPSA) is 15.3 Å². The summed E-state index contributed by atoms with van der Waals surface area (Å²) in [4.78, 5) is 4.07. The molecule has 1 aromatic heterocycles. The summed E-state index contributed by atoms with van der Waals surface area (Å²) in [5.74, 6) is 0.689. The van der Waals surface area contributed by atoms with Crippen molar-refractivity contribution in [2.45, 2.75) is 46.7 Å². The third kappa shape index (κ3) is 5.09. The number of nitrogens with one attached hydrogen (secondary N) is 1. The van der Waals surface area contributed by atoms with Crippen molar-refractivity contribution in [3.05, 3.63) is 22.4 Å². The third-order valence-electron chi connectivity index (χ3n) is 3.36. The van der Waals surface area contributed by atoms with Crippen LogP contribution >= 0.6 is 11.3 Å². The Bertz CT molecular complexity index is 295. The van der Waals surface area contributed by atoms with Gasteiger partial charge in [-0.25, -0.2) is 0 Å². The van der Waals surface area contributed by atoms with Crippen LogP contribution in [0.15, 0.2) is 17.5 Å². The van der Waals surface area contributed by atoms with Gasteiger partial charge < -0.3 is 5.32 Å². The average molecular weight is 268 g/mol. The van der Waals surface area contributed by atoms with Crippen LogP contribution in [-0.2, 0) is 6.54 Å². The molecule has 0 radical (unpaired) electrons. The van der Waals surface area contributed by atoms with Gasteiger partial charge in [-0.15, -0.1) is 11.3 Å². The Morgan fingerprint density at radius 2 is 2.11 bits per heavy atom. The summed E-state index contributed by atoms with van der Waals surface area (Å²) >= 11 is 1.86. The van der Waals surface area contributed by atoms with Gasteiger partial charge in [-0.05, 0) is 36.9 Å². The SMILES string of the molecule is CCCNCC(C(C)C)N(CC)Cc1cccs1. The zero-order valence-electron chi connectivity index (χ0n) is 12.3. The molecular formula is C15H28N2S. The van der Waals surface area contributed by atoms with Gasteiger partial charge >= 0.3 is 0 Å². The Balaban J connectivity index is 2.56. The van der Waals surface area contributed by atoms with Gasteiger partial charge in [0.05, 0.1) is 0 Å². The molecule has 104 valence electrons. The Hall–Kier alpha value is -0.380. The van der Waals surface area contributed by atoms with Gasteiger partial charge in [-0.2, -0.15) is 0 Å². The van der Waals surface area contributed by atoms with Gasteiger partial charge in [0.2, 0.25) is 0 Å². The molecule has 0 saturated carbocycles. The van der Waals surface area contributed by atoms with E-state index in [4.69, 9.17) is 0 Å². The fourth-order valence-corrected chi connectivity index (χ4v) is 3.01. The molecule has 0 spiro atoms. The average Bonchev–Trinajstić information content (AvgIpc) is 2.85. The van der Waals surface area contributed by atoms with Crippen LogP contribution in [0.2, 0.25) is 0 Å². The molecule has 1 heterocycles. The highest BCUT2D eigenvalue weighted by atomic mass is 32.1. The second-order valence-corrected chi connectivity index (χ2v) is 6.19. The van der Waals surface area contributed by atoms with Crippen LogP contribution < -0.4 is 5.32 Å². The molecule has 18 heavy (non-hydrogen) atoms. The number of nitrogens with zero attached hydrogens (tertiary/aromatic N) is 1. The molecule has 0 fully saturated rings. The van der Waals surface area contributed by atoms with Crippen LogP contribution in [0.25, 0.3) is 0 Å². The molecule has 0 bridgehead atoms. The summed E-state index contributed by atoms with van der Waals surface area (Å²) in [7, 11) is 0. The highest BCUT2D eigenvalue weighted by Crippen LogP contribution is 2.17. The normalized spacial score (nSPS) is 13.4. The van der Waals surface area contributed by atoms with E-state index in [1.54, 1.807) is 0 Å². The molecule has 2 nitrogen and oxygen atoms in total. The number of hydrogen-bond donors (Lipinski definition) is 1. The standard InChI is InChI=1S/C15H28N2S/c1-5-9-16-11-15(13(3)4)17(6-2)12-14-8-7-10-18-14/h7-8,10,13,15-16H,5-6,9,11-12H2,1-4H3. The molecule has 1 unspecified atom stereocenters. The largest absolute Gasteiger partial charge is 0.315 e. The smallest absolute Gasteiger partial charge is 0.0331 e. The molecule has 0 amide bonds. The number of likely N-dealkylation sites (N-methyl/N-ethyl adjacent to an activating group) is 1. The zero-order chi connectivity index (χ0) is 13.4. The minimum Gasteiger partial charge on any atom is -0.315 e. The fourth-order valence-electron chi connectivity index (χ4n) is 2.28. The van der Waals surface area contributed by atoms with E-state index >= 15 is 0 Å². The summed E-state index contributed by atoms with van der Waals surface area (Å²) < 4.78 is 0. The third-order valence-corrected chi connectivity index (χ3v) is 4.23. The highest BCUT2D eigenvalue weighted by molar-refractivity contribution is 7.09. The Morgan fingerprint density at radius 3 is 2.61 bits per heavy atom. The number of hydrogen-bond acceptors (Lipinski definition) is 3.